The number of benzene rings is 2. The number of hydrogen-bond acceptors (Lipinski definition) is 9. The summed E-state index contributed by atoms with van der Waals surface area (Å²) >= 11 is 0. The van der Waals surface area contributed by atoms with Crippen molar-refractivity contribution in [1.82, 2.24) is 0 Å². The summed E-state index contributed by atoms with van der Waals surface area (Å²) in [6.07, 6.45) is 0.750. The van der Waals surface area contributed by atoms with Gasteiger partial charge in [-0.3, -0.25) is 15.4 Å². The number of nitro benzene ring substituents is 1. The second kappa shape index (κ2) is 12.3. The molecule has 0 heterocycles. The molecule has 1 amide bonds. The van der Waals surface area contributed by atoms with Crippen molar-refractivity contribution in [3.63, 3.8) is 0 Å². The summed E-state index contributed by atoms with van der Waals surface area (Å²) in [7, 11) is 6.44. The number of rotatable bonds is 10. The second-order valence-corrected chi connectivity index (χ2v) is 7.51. The Morgan fingerprint density at radius 3 is 2.31 bits per heavy atom. The van der Waals surface area contributed by atoms with Gasteiger partial charge in [-0.2, -0.15) is 0 Å². The highest BCUT2D eigenvalue weighted by Gasteiger charge is 2.21. The van der Waals surface area contributed by atoms with Crippen LogP contribution in [0.25, 0.3) is 6.08 Å². The van der Waals surface area contributed by atoms with Gasteiger partial charge in [0.2, 0.25) is 0 Å². The molecule has 2 rings (SSSR count). The molecule has 0 saturated carbocycles. The van der Waals surface area contributed by atoms with Gasteiger partial charge in [-0.25, -0.2) is 9.59 Å². The predicted molar refractivity (Wildman–Crippen MR) is 131 cm³/mol. The van der Waals surface area contributed by atoms with Crippen molar-refractivity contribution in [2.45, 2.75) is 20.5 Å². The molecule has 0 bridgehead atoms. The quantitative estimate of drug-likeness (QED) is 0.224. The predicted octanol–water partition coefficient (Wildman–Crippen LogP) is 4.39. The van der Waals surface area contributed by atoms with Gasteiger partial charge in [0.05, 0.1) is 43.1 Å². The minimum atomic E-state index is -0.839. The van der Waals surface area contributed by atoms with Crippen LogP contribution in [0.3, 0.4) is 0 Å². The van der Waals surface area contributed by atoms with E-state index < -0.39 is 17.0 Å². The van der Waals surface area contributed by atoms with Gasteiger partial charge in [0.25, 0.3) is 5.69 Å². The Kier molecular flexibility index (Phi) is 9.44. The van der Waals surface area contributed by atoms with Crippen molar-refractivity contribution >= 4 is 35.2 Å². The summed E-state index contributed by atoms with van der Waals surface area (Å²) in [5.41, 5.74) is 1.92. The molecule has 188 valence electrons. The molecule has 11 nitrogen and oxygen atoms in total. The maximum atomic E-state index is 12.6. The average molecular weight is 488 g/mol. The maximum absolute atomic E-state index is 12.6. The average Bonchev–Trinajstić information content (AvgIpc) is 2.82. The van der Waals surface area contributed by atoms with Gasteiger partial charge in [0.1, 0.15) is 6.61 Å². The zero-order valence-corrected chi connectivity index (χ0v) is 20.5. The van der Waals surface area contributed by atoms with Crippen molar-refractivity contribution in [1.29, 1.82) is 0 Å². The fourth-order valence-electron chi connectivity index (χ4n) is 3.08. The van der Waals surface area contributed by atoms with Crippen LogP contribution in [0.2, 0.25) is 0 Å². The monoisotopic (exact) mass is 487 g/mol. The lowest BCUT2D eigenvalue weighted by Gasteiger charge is -2.17. The lowest BCUT2D eigenvalue weighted by Crippen LogP contribution is -2.16. The molecule has 1 N–H and O–H groups in total. The van der Waals surface area contributed by atoms with E-state index in [1.54, 1.807) is 32.1 Å². The molecule has 0 unspecified atom stereocenters. The molecule has 0 aliphatic heterocycles. The van der Waals surface area contributed by atoms with Gasteiger partial charge in [-0.05, 0) is 43.7 Å². The SMILES string of the molecule is CCOC(=O)/C(C)=C/c1ccc(N(C)C)cc1NC(=O)OCc1cc(OC)c(OC)cc1[N+](=O)[O-]. The van der Waals surface area contributed by atoms with E-state index >= 15 is 0 Å². The van der Waals surface area contributed by atoms with E-state index in [-0.39, 0.29) is 36.0 Å². The molecule has 35 heavy (non-hydrogen) atoms. The molecule has 0 fully saturated rings. The van der Waals surface area contributed by atoms with Crippen molar-refractivity contribution in [3.8, 4) is 11.5 Å². The smallest absolute Gasteiger partial charge is 0.411 e. The molecule has 0 aliphatic carbocycles. The van der Waals surface area contributed by atoms with E-state index in [9.17, 15) is 19.7 Å². The normalized spacial score (nSPS) is 10.9. The van der Waals surface area contributed by atoms with Gasteiger partial charge in [-0.1, -0.05) is 6.07 Å². The van der Waals surface area contributed by atoms with Gasteiger partial charge in [0, 0.05) is 25.4 Å². The van der Waals surface area contributed by atoms with Crippen LogP contribution >= 0.6 is 0 Å². The first kappa shape index (κ1) is 27.0. The van der Waals surface area contributed by atoms with Crippen molar-refractivity contribution in [2.24, 2.45) is 0 Å². The Morgan fingerprint density at radius 1 is 1.09 bits per heavy atom. The third kappa shape index (κ3) is 7.10. The molecule has 0 radical (unpaired) electrons. The molecule has 2 aromatic carbocycles. The molecule has 0 saturated heterocycles. The number of methoxy groups -OCH3 is 2. The molecule has 0 atom stereocenters. The second-order valence-electron chi connectivity index (χ2n) is 7.51. The zero-order chi connectivity index (χ0) is 26.1. The molecular weight excluding hydrogens is 458 g/mol. The summed E-state index contributed by atoms with van der Waals surface area (Å²) in [5, 5.41) is 14.1. The van der Waals surface area contributed by atoms with E-state index in [0.29, 0.717) is 16.8 Å². The topological polar surface area (TPSA) is 129 Å². The number of nitro groups is 1. The van der Waals surface area contributed by atoms with E-state index in [2.05, 4.69) is 5.32 Å². The minimum absolute atomic E-state index is 0.128. The first-order valence-electron chi connectivity index (χ1n) is 10.6. The highest BCUT2D eigenvalue weighted by atomic mass is 16.6. The van der Waals surface area contributed by atoms with Gasteiger partial charge in [0.15, 0.2) is 11.5 Å². The number of carbonyl (C=O) groups is 2. The molecule has 0 spiro atoms. The van der Waals surface area contributed by atoms with Crippen molar-refractivity contribution in [3.05, 3.63) is 57.1 Å². The van der Waals surface area contributed by atoms with Crippen molar-refractivity contribution < 1.29 is 33.5 Å². The molecule has 0 aromatic heterocycles. The minimum Gasteiger partial charge on any atom is -0.493 e. The summed E-state index contributed by atoms with van der Waals surface area (Å²) in [6, 6.07) is 7.87. The maximum Gasteiger partial charge on any atom is 0.411 e. The number of nitrogens with one attached hydrogen (secondary N) is 1. The first-order chi connectivity index (χ1) is 16.6. The van der Waals surface area contributed by atoms with E-state index in [1.807, 2.05) is 25.1 Å². The van der Waals surface area contributed by atoms with Crippen molar-refractivity contribution in [2.75, 3.05) is 45.1 Å². The van der Waals surface area contributed by atoms with Crippen LogP contribution in [0.15, 0.2) is 35.9 Å². The summed E-state index contributed by atoms with van der Waals surface area (Å²) in [5.74, 6) is -0.0302. The first-order valence-corrected chi connectivity index (χ1v) is 10.6. The van der Waals surface area contributed by atoms with E-state index in [0.717, 1.165) is 5.69 Å². The largest absolute Gasteiger partial charge is 0.493 e. The Morgan fingerprint density at radius 2 is 1.74 bits per heavy atom. The van der Waals surface area contributed by atoms with Crippen LogP contribution in [0.5, 0.6) is 11.5 Å². The van der Waals surface area contributed by atoms with Crippen LogP contribution in [0.1, 0.15) is 25.0 Å². The van der Waals surface area contributed by atoms with Crippen LogP contribution in [-0.2, 0) is 20.9 Å². The number of ether oxygens (including phenoxy) is 4. The number of esters is 1. The number of nitrogens with zero attached hydrogens (tertiary/aromatic N) is 2. The van der Waals surface area contributed by atoms with E-state index in [4.69, 9.17) is 18.9 Å². The van der Waals surface area contributed by atoms with Gasteiger partial charge in [-0.15, -0.1) is 0 Å². The Hall–Kier alpha value is -4.28. The molecular formula is C24H29N3O8. The van der Waals surface area contributed by atoms with Crippen LogP contribution in [0.4, 0.5) is 21.9 Å². The fraction of sp³-hybridized carbons (Fsp3) is 0.333. The number of amides is 1. The number of carbonyl (C=O) groups excluding carboxylic acids is 2. The van der Waals surface area contributed by atoms with Crippen LogP contribution in [0, 0.1) is 10.1 Å². The summed E-state index contributed by atoms with van der Waals surface area (Å²) < 4.78 is 20.6. The summed E-state index contributed by atoms with van der Waals surface area (Å²) in [4.78, 5) is 37.4. The third-order valence-corrected chi connectivity index (χ3v) is 4.90. The highest BCUT2D eigenvalue weighted by molar-refractivity contribution is 5.96. The molecule has 2 aromatic rings. The van der Waals surface area contributed by atoms with Gasteiger partial charge >= 0.3 is 12.1 Å². The fourth-order valence-corrected chi connectivity index (χ4v) is 3.08. The Bertz CT molecular complexity index is 1130. The lowest BCUT2D eigenvalue weighted by molar-refractivity contribution is -0.385. The standard InChI is InChI=1S/C24H29N3O8/c1-7-34-23(28)15(2)10-16-8-9-18(26(3)4)12-19(16)25-24(29)35-14-17-11-21(32-5)22(33-6)13-20(17)27(30)31/h8-13H,7,14H2,1-6H3,(H,25,29)/b15-10+. The van der Waals surface area contributed by atoms with Crippen LogP contribution in [-0.4, -0.2) is 51.9 Å². The lowest BCUT2D eigenvalue weighted by atomic mass is 10.1. The van der Waals surface area contributed by atoms with Gasteiger partial charge < -0.3 is 23.8 Å². The third-order valence-electron chi connectivity index (χ3n) is 4.90. The number of anilines is 2. The zero-order valence-electron chi connectivity index (χ0n) is 20.5. The van der Waals surface area contributed by atoms with Crippen LogP contribution < -0.4 is 19.7 Å². The Balaban J connectivity index is 2.30. The molecule has 0 aliphatic rings. The highest BCUT2D eigenvalue weighted by Crippen LogP contribution is 2.35. The summed E-state index contributed by atoms with van der Waals surface area (Å²) in [6.45, 7) is 3.17. The number of hydrogen-bond donors (Lipinski definition) is 1. The van der Waals surface area contributed by atoms with E-state index in [1.165, 1.54) is 26.4 Å². The molecule has 11 heteroatoms. The Labute approximate surface area is 203 Å².